The largest absolute Gasteiger partial charge is 0.480 e. The quantitative estimate of drug-likeness (QED) is 0.132. The van der Waals surface area contributed by atoms with Crippen LogP contribution < -0.4 is 4.83 Å². The smallest absolute Gasteiger partial charge is 0.328 e. The van der Waals surface area contributed by atoms with Gasteiger partial charge in [-0.2, -0.15) is 0 Å². The SMILES string of the molecule is CCCCC(C(=O)O)N(NS(=O)(=O)c1ccc(-c2ccc(Br)cc2)cc1)C(=O)CCCCCCc1ccccc1. The van der Waals surface area contributed by atoms with Gasteiger partial charge in [0, 0.05) is 10.9 Å². The number of benzene rings is 3. The third kappa shape index (κ3) is 9.57. The molecular formula is C31H37BrN2O5S. The maximum absolute atomic E-state index is 13.3. The second-order valence-electron chi connectivity index (χ2n) is 9.79. The summed E-state index contributed by atoms with van der Waals surface area (Å²) in [6, 6.07) is 22.8. The van der Waals surface area contributed by atoms with E-state index in [2.05, 4.69) is 32.9 Å². The number of rotatable bonds is 16. The molecule has 1 atom stereocenters. The number of unbranched alkanes of at least 4 members (excludes halogenated alkanes) is 4. The molecule has 0 spiro atoms. The van der Waals surface area contributed by atoms with Crippen molar-refractivity contribution in [1.29, 1.82) is 0 Å². The molecule has 3 aromatic carbocycles. The van der Waals surface area contributed by atoms with Gasteiger partial charge < -0.3 is 5.11 Å². The molecule has 0 bridgehead atoms. The molecule has 2 N–H and O–H groups in total. The highest BCUT2D eigenvalue weighted by atomic mass is 79.9. The summed E-state index contributed by atoms with van der Waals surface area (Å²) in [5.74, 6) is -1.78. The number of nitrogens with one attached hydrogen (secondary N) is 1. The van der Waals surface area contributed by atoms with Crippen LogP contribution in [0.2, 0.25) is 0 Å². The van der Waals surface area contributed by atoms with Gasteiger partial charge in [-0.15, -0.1) is 4.83 Å². The second kappa shape index (κ2) is 15.7. The van der Waals surface area contributed by atoms with Crippen LogP contribution in [-0.2, 0) is 26.0 Å². The third-order valence-corrected chi connectivity index (χ3v) is 8.56. The predicted octanol–water partition coefficient (Wildman–Crippen LogP) is 6.97. The van der Waals surface area contributed by atoms with Gasteiger partial charge in [0.15, 0.2) is 0 Å². The topological polar surface area (TPSA) is 104 Å². The van der Waals surface area contributed by atoms with E-state index in [0.717, 1.165) is 52.7 Å². The summed E-state index contributed by atoms with van der Waals surface area (Å²) < 4.78 is 27.5. The maximum Gasteiger partial charge on any atom is 0.328 e. The fraction of sp³-hybridized carbons (Fsp3) is 0.355. The Bertz CT molecular complexity index is 1330. The van der Waals surface area contributed by atoms with E-state index in [1.807, 2.05) is 49.4 Å². The fourth-order valence-electron chi connectivity index (χ4n) is 4.42. The molecule has 1 amide bonds. The van der Waals surface area contributed by atoms with Crippen LogP contribution in [0.1, 0.15) is 63.9 Å². The van der Waals surface area contributed by atoms with Crippen LogP contribution in [0, 0.1) is 0 Å². The number of hydrogen-bond acceptors (Lipinski definition) is 4. The van der Waals surface area contributed by atoms with Crippen molar-refractivity contribution in [2.24, 2.45) is 0 Å². The molecule has 0 saturated carbocycles. The number of nitrogens with zero attached hydrogens (tertiary/aromatic N) is 1. The number of carboxylic acids is 1. The van der Waals surface area contributed by atoms with Gasteiger partial charge in [0.05, 0.1) is 4.90 Å². The van der Waals surface area contributed by atoms with Crippen LogP contribution in [0.15, 0.2) is 88.2 Å². The molecule has 7 nitrogen and oxygen atoms in total. The lowest BCUT2D eigenvalue weighted by Gasteiger charge is -2.29. The van der Waals surface area contributed by atoms with Crippen molar-refractivity contribution in [2.75, 3.05) is 0 Å². The summed E-state index contributed by atoms with van der Waals surface area (Å²) in [6.45, 7) is 1.91. The average molecular weight is 630 g/mol. The Morgan fingerprint density at radius 1 is 0.850 bits per heavy atom. The van der Waals surface area contributed by atoms with Gasteiger partial charge in [0.2, 0.25) is 5.91 Å². The van der Waals surface area contributed by atoms with Crippen LogP contribution >= 0.6 is 15.9 Å². The van der Waals surface area contributed by atoms with E-state index in [9.17, 15) is 23.1 Å². The Morgan fingerprint density at radius 2 is 1.45 bits per heavy atom. The maximum atomic E-state index is 13.3. The van der Waals surface area contributed by atoms with E-state index in [1.165, 1.54) is 17.7 Å². The zero-order valence-electron chi connectivity index (χ0n) is 22.8. The van der Waals surface area contributed by atoms with Crippen LogP contribution in [0.5, 0.6) is 0 Å². The number of carbonyl (C=O) groups is 2. The van der Waals surface area contributed by atoms with E-state index < -0.39 is 27.9 Å². The number of aliphatic carboxylic acids is 1. The molecular weight excluding hydrogens is 592 g/mol. The number of carbonyl (C=O) groups excluding carboxylic acids is 1. The van der Waals surface area contributed by atoms with E-state index in [-0.39, 0.29) is 17.7 Å². The van der Waals surface area contributed by atoms with Crippen molar-refractivity contribution in [3.05, 3.63) is 88.9 Å². The molecule has 3 aromatic rings. The molecule has 0 aliphatic rings. The first-order valence-electron chi connectivity index (χ1n) is 13.7. The molecule has 9 heteroatoms. The van der Waals surface area contributed by atoms with Crippen molar-refractivity contribution >= 4 is 37.8 Å². The van der Waals surface area contributed by atoms with Crippen LogP contribution in [0.4, 0.5) is 0 Å². The number of halogens is 1. The van der Waals surface area contributed by atoms with E-state index in [0.29, 0.717) is 12.8 Å². The molecule has 0 saturated heterocycles. The van der Waals surface area contributed by atoms with E-state index in [1.54, 1.807) is 12.1 Å². The minimum Gasteiger partial charge on any atom is -0.480 e. The fourth-order valence-corrected chi connectivity index (χ4v) is 5.78. The number of sulfonamides is 1. The molecule has 3 rings (SSSR count). The average Bonchev–Trinajstić information content (AvgIpc) is 2.95. The molecule has 40 heavy (non-hydrogen) atoms. The molecule has 0 aliphatic carbocycles. The summed E-state index contributed by atoms with van der Waals surface area (Å²) in [7, 11) is -4.20. The van der Waals surface area contributed by atoms with Gasteiger partial charge in [-0.25, -0.2) is 18.2 Å². The van der Waals surface area contributed by atoms with Gasteiger partial charge in [0.1, 0.15) is 6.04 Å². The predicted molar refractivity (Wildman–Crippen MR) is 161 cm³/mol. The van der Waals surface area contributed by atoms with Crippen molar-refractivity contribution in [2.45, 2.75) is 75.6 Å². The Balaban J connectivity index is 1.67. The van der Waals surface area contributed by atoms with Gasteiger partial charge >= 0.3 is 5.97 Å². The first kappa shape index (κ1) is 31.5. The van der Waals surface area contributed by atoms with Gasteiger partial charge in [0.25, 0.3) is 10.0 Å². The number of hydrazine groups is 1. The molecule has 0 aromatic heterocycles. The van der Waals surface area contributed by atoms with E-state index in [4.69, 9.17) is 0 Å². The zero-order valence-corrected chi connectivity index (χ0v) is 25.2. The number of aryl methyl sites for hydroxylation is 1. The molecule has 214 valence electrons. The highest BCUT2D eigenvalue weighted by molar-refractivity contribution is 9.10. The van der Waals surface area contributed by atoms with Gasteiger partial charge in [-0.1, -0.05) is 103 Å². The lowest BCUT2D eigenvalue weighted by Crippen LogP contribution is -2.54. The van der Waals surface area contributed by atoms with E-state index >= 15 is 0 Å². The van der Waals surface area contributed by atoms with Crippen molar-refractivity contribution in [3.8, 4) is 11.1 Å². The second-order valence-corrected chi connectivity index (χ2v) is 12.4. The first-order valence-corrected chi connectivity index (χ1v) is 16.0. The third-order valence-electron chi connectivity index (χ3n) is 6.71. The lowest BCUT2D eigenvalue weighted by atomic mass is 10.0. The monoisotopic (exact) mass is 628 g/mol. The highest BCUT2D eigenvalue weighted by Gasteiger charge is 2.33. The Morgan fingerprint density at radius 3 is 2.05 bits per heavy atom. The highest BCUT2D eigenvalue weighted by Crippen LogP contribution is 2.24. The minimum absolute atomic E-state index is 0.0493. The van der Waals surface area contributed by atoms with Crippen LogP contribution in [0.3, 0.4) is 0 Å². The molecule has 0 heterocycles. The standard InChI is InChI=1S/C31H37BrN2O5S/c1-2-3-14-29(31(36)37)34(30(35)15-10-5-4-7-11-24-12-8-6-9-13-24)33-40(38,39)28-22-18-26(19-23-28)25-16-20-27(32)21-17-25/h6,8-9,12-13,16-23,29,33H,2-5,7,10-11,14-15H2,1H3,(H,36,37). The normalized spacial score (nSPS) is 12.2. The Labute approximate surface area is 245 Å². The molecule has 0 aliphatic heterocycles. The summed E-state index contributed by atoms with van der Waals surface area (Å²) in [5.41, 5.74) is 3.02. The molecule has 1 unspecified atom stereocenters. The number of amides is 1. The molecule has 0 fully saturated rings. The van der Waals surface area contributed by atoms with Crippen LogP contribution in [-0.4, -0.2) is 36.5 Å². The number of carboxylic acid groups (broad SMARTS) is 1. The van der Waals surface area contributed by atoms with Crippen molar-refractivity contribution in [1.82, 2.24) is 9.84 Å². The summed E-state index contributed by atoms with van der Waals surface area (Å²) in [4.78, 5) is 27.6. The summed E-state index contributed by atoms with van der Waals surface area (Å²) in [5, 5.41) is 10.7. The summed E-state index contributed by atoms with van der Waals surface area (Å²) in [6.07, 6.45) is 5.69. The van der Waals surface area contributed by atoms with Gasteiger partial charge in [-0.05, 0) is 66.6 Å². The first-order chi connectivity index (χ1) is 19.2. The molecule has 0 radical (unpaired) electrons. The Kier molecular flexibility index (Phi) is 12.4. The zero-order chi connectivity index (χ0) is 29.0. The number of hydrogen-bond donors (Lipinski definition) is 2. The van der Waals surface area contributed by atoms with Crippen molar-refractivity contribution in [3.63, 3.8) is 0 Å². The Hall–Kier alpha value is -3.01. The van der Waals surface area contributed by atoms with Gasteiger partial charge in [-0.3, -0.25) is 4.79 Å². The lowest BCUT2D eigenvalue weighted by molar-refractivity contribution is -0.152. The van der Waals surface area contributed by atoms with Crippen LogP contribution in [0.25, 0.3) is 11.1 Å². The summed E-state index contributed by atoms with van der Waals surface area (Å²) >= 11 is 3.40. The van der Waals surface area contributed by atoms with Crippen molar-refractivity contribution < 1.29 is 23.1 Å². The minimum atomic E-state index is -4.20.